The summed E-state index contributed by atoms with van der Waals surface area (Å²) in [5, 5.41) is 10.3. The quantitative estimate of drug-likeness (QED) is 0.407. The van der Waals surface area contributed by atoms with Gasteiger partial charge in [-0.3, -0.25) is 18.9 Å². The molecule has 4 atom stereocenters. The van der Waals surface area contributed by atoms with Crippen LogP contribution in [0.1, 0.15) is 13.2 Å². The van der Waals surface area contributed by atoms with Crippen molar-refractivity contribution in [2.24, 2.45) is 0 Å². The van der Waals surface area contributed by atoms with Crippen molar-refractivity contribution >= 4 is 24.9 Å². The Morgan fingerprint density at radius 3 is 2.87 bits per heavy atom. The van der Waals surface area contributed by atoms with Crippen molar-refractivity contribution in [1.29, 1.82) is 0 Å². The first-order valence-electron chi connectivity index (χ1n) is 6.47. The second-order valence-electron chi connectivity index (χ2n) is 5.06. The smallest absolute Gasteiger partial charge is 0.386 e. The molecular formula is C10H14N5O7P. The van der Waals surface area contributed by atoms with Gasteiger partial charge in [-0.1, -0.05) is 0 Å². The van der Waals surface area contributed by atoms with Crippen LogP contribution < -0.4 is 11.3 Å². The molecular weight excluding hydrogens is 333 g/mol. The van der Waals surface area contributed by atoms with E-state index in [9.17, 15) is 14.5 Å². The van der Waals surface area contributed by atoms with E-state index in [0.717, 1.165) is 0 Å². The minimum absolute atomic E-state index is 0.0120. The van der Waals surface area contributed by atoms with E-state index in [4.69, 9.17) is 20.3 Å². The second kappa shape index (κ2) is 5.37. The standard InChI is InChI=1S/C10H14N5O7P/c1-3-6(22-23(18,19)20)5(16)9(21-3)15-2-12-4-7(15)13-10(11)14-8(4)17/h2-3,5-6,9,16H,1H3,(H2,18,19,20)(H3,11,13,14,17)/t3-,5-,6-,9-/m1/s1. The van der Waals surface area contributed by atoms with E-state index in [2.05, 4.69) is 19.5 Å². The van der Waals surface area contributed by atoms with E-state index in [0.29, 0.717) is 0 Å². The fourth-order valence-corrected chi connectivity index (χ4v) is 3.10. The number of nitrogens with two attached hydrogens (primary N) is 1. The van der Waals surface area contributed by atoms with Crippen molar-refractivity contribution in [3.63, 3.8) is 0 Å². The average Bonchev–Trinajstić information content (AvgIpc) is 2.93. The number of anilines is 1. The zero-order valence-electron chi connectivity index (χ0n) is 11.7. The predicted molar refractivity (Wildman–Crippen MR) is 75.1 cm³/mol. The molecule has 2 aromatic heterocycles. The topological polar surface area (TPSA) is 186 Å². The monoisotopic (exact) mass is 347 g/mol. The van der Waals surface area contributed by atoms with Crippen molar-refractivity contribution in [3.8, 4) is 0 Å². The average molecular weight is 347 g/mol. The van der Waals surface area contributed by atoms with Crippen molar-refractivity contribution < 1.29 is 28.7 Å². The van der Waals surface area contributed by atoms with Crippen LogP contribution >= 0.6 is 7.82 Å². The van der Waals surface area contributed by atoms with E-state index in [1.165, 1.54) is 17.8 Å². The van der Waals surface area contributed by atoms with Gasteiger partial charge < -0.3 is 25.4 Å². The number of aliphatic hydroxyl groups is 1. The highest BCUT2D eigenvalue weighted by Gasteiger charge is 2.46. The number of aromatic nitrogens is 4. The van der Waals surface area contributed by atoms with Gasteiger partial charge in [-0.05, 0) is 6.92 Å². The SMILES string of the molecule is C[C@H]1O[C@@H](n2cnc3c(=O)[nH]c(N)nc32)[C@H](O)[C@@H]1OP(=O)(O)O. The summed E-state index contributed by atoms with van der Waals surface area (Å²) in [4.78, 5) is 39.6. The molecule has 0 aliphatic carbocycles. The molecule has 0 aromatic carbocycles. The van der Waals surface area contributed by atoms with Crippen LogP contribution in [-0.4, -0.2) is 52.7 Å². The molecule has 1 saturated heterocycles. The Morgan fingerprint density at radius 1 is 1.52 bits per heavy atom. The molecule has 126 valence electrons. The van der Waals surface area contributed by atoms with Crippen LogP contribution in [0.4, 0.5) is 5.95 Å². The first-order chi connectivity index (χ1) is 10.7. The third-order valence-corrected chi connectivity index (χ3v) is 3.95. The maximum atomic E-state index is 11.7. The fourth-order valence-electron chi connectivity index (χ4n) is 2.48. The summed E-state index contributed by atoms with van der Waals surface area (Å²) in [7, 11) is -4.81. The zero-order chi connectivity index (χ0) is 16.9. The number of H-pyrrole nitrogens is 1. The molecule has 13 heteroatoms. The van der Waals surface area contributed by atoms with Crippen LogP contribution in [0.25, 0.3) is 11.2 Å². The number of aliphatic hydroxyl groups excluding tert-OH is 1. The third kappa shape index (κ3) is 2.87. The van der Waals surface area contributed by atoms with Gasteiger partial charge in [0.15, 0.2) is 17.4 Å². The normalized spacial score (nSPS) is 28.5. The molecule has 1 aliphatic heterocycles. The summed E-state index contributed by atoms with van der Waals surface area (Å²) in [6.07, 6.45) is -3.39. The van der Waals surface area contributed by atoms with Crippen LogP contribution in [0.5, 0.6) is 0 Å². The number of aromatic amines is 1. The van der Waals surface area contributed by atoms with Crippen molar-refractivity contribution in [2.45, 2.75) is 31.5 Å². The summed E-state index contributed by atoms with van der Waals surface area (Å²) in [6.45, 7) is 1.48. The van der Waals surface area contributed by atoms with Gasteiger partial charge in [0.25, 0.3) is 5.56 Å². The van der Waals surface area contributed by atoms with Crippen LogP contribution in [0, 0.1) is 0 Å². The summed E-state index contributed by atoms with van der Waals surface area (Å²) < 4.78 is 22.3. The lowest BCUT2D eigenvalue weighted by molar-refractivity contribution is -0.0299. The number of nitrogens with one attached hydrogen (secondary N) is 1. The molecule has 0 spiro atoms. The van der Waals surface area contributed by atoms with Gasteiger partial charge in [0.05, 0.1) is 12.4 Å². The molecule has 1 aliphatic rings. The highest BCUT2D eigenvalue weighted by atomic mass is 31.2. The molecule has 3 heterocycles. The number of hydrogen-bond donors (Lipinski definition) is 5. The highest BCUT2D eigenvalue weighted by Crippen LogP contribution is 2.43. The number of imidazole rings is 1. The van der Waals surface area contributed by atoms with E-state index < -0.39 is 37.9 Å². The van der Waals surface area contributed by atoms with Crippen LogP contribution in [-0.2, 0) is 13.8 Å². The van der Waals surface area contributed by atoms with Crippen LogP contribution in [0.2, 0.25) is 0 Å². The number of ether oxygens (including phenoxy) is 1. The number of hydrogen-bond acceptors (Lipinski definition) is 8. The summed E-state index contributed by atoms with van der Waals surface area (Å²) >= 11 is 0. The van der Waals surface area contributed by atoms with E-state index in [1.807, 2.05) is 0 Å². The number of fused-ring (bicyclic) bond motifs is 1. The van der Waals surface area contributed by atoms with Crippen molar-refractivity contribution in [1.82, 2.24) is 19.5 Å². The largest absolute Gasteiger partial charge is 0.470 e. The number of rotatable bonds is 3. The first kappa shape index (κ1) is 16.1. The minimum atomic E-state index is -4.81. The molecule has 3 rings (SSSR count). The molecule has 23 heavy (non-hydrogen) atoms. The zero-order valence-corrected chi connectivity index (χ0v) is 12.6. The second-order valence-corrected chi connectivity index (χ2v) is 6.25. The van der Waals surface area contributed by atoms with Crippen LogP contribution in [0.3, 0.4) is 0 Å². The molecule has 1 fully saturated rings. The van der Waals surface area contributed by atoms with Crippen molar-refractivity contribution in [3.05, 3.63) is 16.7 Å². The lowest BCUT2D eigenvalue weighted by Gasteiger charge is -2.19. The molecule has 12 nitrogen and oxygen atoms in total. The van der Waals surface area contributed by atoms with Gasteiger partial charge in [0.1, 0.15) is 12.2 Å². The van der Waals surface area contributed by atoms with Gasteiger partial charge in [-0.15, -0.1) is 0 Å². The number of phosphoric acid groups is 1. The maximum absolute atomic E-state index is 11.7. The number of nitrogens with zero attached hydrogens (tertiary/aromatic N) is 3. The summed E-state index contributed by atoms with van der Waals surface area (Å²) in [6, 6.07) is 0. The molecule has 0 radical (unpaired) electrons. The van der Waals surface area contributed by atoms with Crippen molar-refractivity contribution in [2.75, 3.05) is 5.73 Å². The Bertz CT molecular complexity index is 844. The first-order valence-corrected chi connectivity index (χ1v) is 8.00. The van der Waals surface area contributed by atoms with Gasteiger partial charge in [0, 0.05) is 0 Å². The Labute approximate surface area is 128 Å². The third-order valence-electron chi connectivity index (χ3n) is 3.43. The lowest BCUT2D eigenvalue weighted by atomic mass is 10.1. The van der Waals surface area contributed by atoms with Gasteiger partial charge >= 0.3 is 7.82 Å². The number of phosphoric ester groups is 1. The van der Waals surface area contributed by atoms with E-state index in [1.54, 1.807) is 0 Å². The Balaban J connectivity index is 2.00. The minimum Gasteiger partial charge on any atom is -0.386 e. The fraction of sp³-hybridized carbons (Fsp3) is 0.500. The maximum Gasteiger partial charge on any atom is 0.470 e. The lowest BCUT2D eigenvalue weighted by Crippen LogP contribution is -2.32. The van der Waals surface area contributed by atoms with E-state index >= 15 is 0 Å². The van der Waals surface area contributed by atoms with Gasteiger partial charge in [-0.25, -0.2) is 9.55 Å². The molecule has 0 amide bonds. The van der Waals surface area contributed by atoms with Gasteiger partial charge in [0.2, 0.25) is 5.95 Å². The Morgan fingerprint density at radius 2 is 2.22 bits per heavy atom. The Hall–Kier alpha value is -1.82. The Kier molecular flexibility index (Phi) is 3.75. The molecule has 0 saturated carbocycles. The molecule has 2 aromatic rings. The van der Waals surface area contributed by atoms with Crippen LogP contribution in [0.15, 0.2) is 11.1 Å². The summed E-state index contributed by atoms with van der Waals surface area (Å²) in [5.41, 5.74) is 4.98. The van der Waals surface area contributed by atoms with E-state index in [-0.39, 0.29) is 17.1 Å². The molecule has 6 N–H and O–H groups in total. The molecule has 0 bridgehead atoms. The molecule has 0 unspecified atom stereocenters. The highest BCUT2D eigenvalue weighted by molar-refractivity contribution is 7.46. The number of nitrogen functional groups attached to an aromatic ring is 1. The predicted octanol–water partition coefficient (Wildman–Crippen LogP) is -1.54. The van der Waals surface area contributed by atoms with Gasteiger partial charge in [-0.2, -0.15) is 4.98 Å². The summed E-state index contributed by atoms with van der Waals surface area (Å²) in [5.74, 6) is -0.146.